The molecule has 0 aromatic heterocycles. The molecule has 0 radical (unpaired) electrons. The van der Waals surface area contributed by atoms with Gasteiger partial charge in [0.15, 0.2) is 11.6 Å². The number of hydrogen-bond acceptors (Lipinski definition) is 0. The zero-order chi connectivity index (χ0) is 9.30. The molecule has 0 unspecified atom stereocenters. The molecule has 0 spiro atoms. The van der Waals surface area contributed by atoms with E-state index in [9.17, 15) is 8.78 Å². The van der Waals surface area contributed by atoms with Crippen molar-refractivity contribution in [1.29, 1.82) is 0 Å². The topological polar surface area (TPSA) is 0 Å². The highest BCUT2D eigenvalue weighted by molar-refractivity contribution is 6.30. The van der Waals surface area contributed by atoms with Crippen molar-refractivity contribution in [3.05, 3.63) is 34.4 Å². The lowest BCUT2D eigenvalue weighted by Crippen LogP contribution is -1.96. The van der Waals surface area contributed by atoms with Crippen LogP contribution in [-0.2, 0) is 0 Å². The summed E-state index contributed by atoms with van der Waals surface area (Å²) in [4.78, 5) is 0. The van der Waals surface area contributed by atoms with Gasteiger partial charge >= 0.3 is 0 Å². The largest absolute Gasteiger partial charge is 0.203 e. The van der Waals surface area contributed by atoms with Gasteiger partial charge < -0.3 is 0 Å². The van der Waals surface area contributed by atoms with Crippen LogP contribution in [0.25, 0.3) is 0 Å². The summed E-state index contributed by atoms with van der Waals surface area (Å²) in [6, 6.07) is 2.88. The van der Waals surface area contributed by atoms with Gasteiger partial charge in [-0.15, -0.1) is 0 Å². The zero-order valence-electron chi connectivity index (χ0n) is 6.87. The van der Waals surface area contributed by atoms with Crippen LogP contribution in [0.15, 0.2) is 12.1 Å². The smallest absolute Gasteiger partial charge is 0.177 e. The Labute approximate surface area is 75.2 Å². The van der Waals surface area contributed by atoms with Gasteiger partial charge in [-0.25, -0.2) is 8.78 Å². The molecule has 0 saturated heterocycles. The van der Waals surface area contributed by atoms with Gasteiger partial charge in [0.05, 0.1) is 5.02 Å². The second-order valence-electron chi connectivity index (χ2n) is 2.92. The molecule has 0 bridgehead atoms. The minimum Gasteiger partial charge on any atom is -0.203 e. The van der Waals surface area contributed by atoms with Crippen LogP contribution in [0.4, 0.5) is 8.78 Å². The SMILES string of the molecule is CC(C)c1ccc(Cl)c(F)c1F. The fourth-order valence-corrected chi connectivity index (χ4v) is 1.13. The summed E-state index contributed by atoms with van der Waals surface area (Å²) >= 11 is 5.38. The quantitative estimate of drug-likeness (QED) is 0.592. The van der Waals surface area contributed by atoms with Gasteiger partial charge in [0.2, 0.25) is 0 Å². The normalized spacial score (nSPS) is 10.8. The Balaban J connectivity index is 3.27. The predicted molar refractivity (Wildman–Crippen MR) is 45.5 cm³/mol. The van der Waals surface area contributed by atoms with Crippen molar-refractivity contribution in [2.45, 2.75) is 19.8 Å². The molecular weight excluding hydrogens is 182 g/mol. The monoisotopic (exact) mass is 190 g/mol. The Morgan fingerprint density at radius 2 is 1.75 bits per heavy atom. The molecular formula is C9H9ClF2. The van der Waals surface area contributed by atoms with E-state index in [0.717, 1.165) is 0 Å². The third kappa shape index (κ3) is 1.58. The molecule has 0 aliphatic rings. The lowest BCUT2D eigenvalue weighted by molar-refractivity contribution is 0.494. The van der Waals surface area contributed by atoms with Crippen molar-refractivity contribution >= 4 is 11.6 Å². The van der Waals surface area contributed by atoms with Crippen molar-refractivity contribution in [2.75, 3.05) is 0 Å². The molecule has 0 aliphatic heterocycles. The molecule has 0 N–H and O–H groups in total. The highest BCUT2D eigenvalue weighted by Crippen LogP contribution is 2.25. The fraction of sp³-hybridized carbons (Fsp3) is 0.333. The maximum Gasteiger partial charge on any atom is 0.177 e. The van der Waals surface area contributed by atoms with Crippen LogP contribution in [0.5, 0.6) is 0 Å². The van der Waals surface area contributed by atoms with E-state index in [0.29, 0.717) is 5.56 Å². The lowest BCUT2D eigenvalue weighted by atomic mass is 10.0. The molecule has 1 aromatic rings. The molecule has 0 nitrogen and oxygen atoms in total. The number of halogens is 3. The van der Waals surface area contributed by atoms with E-state index in [4.69, 9.17) is 11.6 Å². The summed E-state index contributed by atoms with van der Waals surface area (Å²) in [7, 11) is 0. The van der Waals surface area contributed by atoms with Crippen LogP contribution in [0, 0.1) is 11.6 Å². The fourth-order valence-electron chi connectivity index (χ4n) is 0.987. The lowest BCUT2D eigenvalue weighted by Gasteiger charge is -2.07. The van der Waals surface area contributed by atoms with Crippen LogP contribution in [0.1, 0.15) is 25.3 Å². The van der Waals surface area contributed by atoms with Crippen molar-refractivity contribution in [3.63, 3.8) is 0 Å². The second kappa shape index (κ2) is 3.40. The van der Waals surface area contributed by atoms with E-state index in [1.165, 1.54) is 12.1 Å². The van der Waals surface area contributed by atoms with E-state index in [1.807, 2.05) is 0 Å². The number of benzene rings is 1. The van der Waals surface area contributed by atoms with Crippen molar-refractivity contribution in [3.8, 4) is 0 Å². The summed E-state index contributed by atoms with van der Waals surface area (Å²) in [5, 5.41) is -0.170. The Bertz CT molecular complexity index is 295. The molecule has 1 rings (SSSR count). The molecule has 3 heteroatoms. The van der Waals surface area contributed by atoms with Crippen LogP contribution in [-0.4, -0.2) is 0 Å². The summed E-state index contributed by atoms with van der Waals surface area (Å²) in [6.45, 7) is 3.59. The minimum atomic E-state index is -0.956. The van der Waals surface area contributed by atoms with Crippen LogP contribution < -0.4 is 0 Å². The van der Waals surface area contributed by atoms with Crippen molar-refractivity contribution in [1.82, 2.24) is 0 Å². The van der Waals surface area contributed by atoms with Crippen LogP contribution in [0.3, 0.4) is 0 Å². The minimum absolute atomic E-state index is 0.0308. The number of hydrogen-bond donors (Lipinski definition) is 0. The van der Waals surface area contributed by atoms with Gasteiger partial charge in [0, 0.05) is 0 Å². The Morgan fingerprint density at radius 3 is 2.25 bits per heavy atom. The first-order valence-corrected chi connectivity index (χ1v) is 4.05. The predicted octanol–water partition coefficient (Wildman–Crippen LogP) is 3.74. The molecule has 0 amide bonds. The van der Waals surface area contributed by atoms with Gasteiger partial charge in [-0.3, -0.25) is 0 Å². The van der Waals surface area contributed by atoms with Gasteiger partial charge in [-0.2, -0.15) is 0 Å². The molecule has 0 aliphatic carbocycles. The zero-order valence-corrected chi connectivity index (χ0v) is 7.62. The van der Waals surface area contributed by atoms with Gasteiger partial charge in [-0.05, 0) is 17.5 Å². The molecule has 0 atom stereocenters. The van der Waals surface area contributed by atoms with E-state index in [1.54, 1.807) is 13.8 Å². The summed E-state index contributed by atoms with van der Waals surface area (Å²) < 4.78 is 25.9. The first-order chi connectivity index (χ1) is 5.54. The first kappa shape index (κ1) is 9.46. The van der Waals surface area contributed by atoms with Gasteiger partial charge in [0.1, 0.15) is 0 Å². The maximum absolute atomic E-state index is 13.1. The Morgan fingerprint density at radius 1 is 1.17 bits per heavy atom. The summed E-state index contributed by atoms with van der Waals surface area (Å²) in [6.07, 6.45) is 0. The summed E-state index contributed by atoms with van der Waals surface area (Å²) in [5.74, 6) is -1.82. The third-order valence-corrected chi connectivity index (χ3v) is 1.98. The molecule has 1 aromatic carbocycles. The van der Waals surface area contributed by atoms with Crippen molar-refractivity contribution in [2.24, 2.45) is 0 Å². The average Bonchev–Trinajstić information content (AvgIpc) is 2.00. The van der Waals surface area contributed by atoms with E-state index < -0.39 is 11.6 Å². The molecule has 0 saturated carbocycles. The van der Waals surface area contributed by atoms with E-state index in [-0.39, 0.29) is 10.9 Å². The van der Waals surface area contributed by atoms with E-state index in [2.05, 4.69) is 0 Å². The first-order valence-electron chi connectivity index (χ1n) is 3.67. The number of rotatable bonds is 1. The van der Waals surface area contributed by atoms with Crippen LogP contribution >= 0.6 is 11.6 Å². The Hall–Kier alpha value is -0.630. The highest BCUT2D eigenvalue weighted by atomic mass is 35.5. The van der Waals surface area contributed by atoms with Crippen LogP contribution in [0.2, 0.25) is 5.02 Å². The molecule has 0 heterocycles. The average molecular weight is 191 g/mol. The molecule has 0 fully saturated rings. The molecule has 12 heavy (non-hydrogen) atoms. The van der Waals surface area contributed by atoms with Gasteiger partial charge in [-0.1, -0.05) is 31.5 Å². The van der Waals surface area contributed by atoms with Gasteiger partial charge in [0.25, 0.3) is 0 Å². The van der Waals surface area contributed by atoms with E-state index >= 15 is 0 Å². The third-order valence-electron chi connectivity index (χ3n) is 1.69. The second-order valence-corrected chi connectivity index (χ2v) is 3.33. The Kier molecular flexibility index (Phi) is 2.68. The molecule has 66 valence electrons. The highest BCUT2D eigenvalue weighted by Gasteiger charge is 2.13. The standard InChI is InChI=1S/C9H9ClF2/c1-5(2)6-3-4-7(10)9(12)8(6)11/h3-5H,1-2H3. The van der Waals surface area contributed by atoms with Crippen molar-refractivity contribution < 1.29 is 8.78 Å². The summed E-state index contributed by atoms with van der Waals surface area (Å²) in [5.41, 5.74) is 0.358. The maximum atomic E-state index is 13.1.